The van der Waals surface area contributed by atoms with E-state index < -0.39 is 0 Å². The van der Waals surface area contributed by atoms with Crippen molar-refractivity contribution in [3.63, 3.8) is 0 Å². The first-order valence-electron chi connectivity index (χ1n) is 43.9. The Balaban J connectivity index is 0.000000131. The lowest BCUT2D eigenvalue weighted by Gasteiger charge is -2.39. The van der Waals surface area contributed by atoms with Crippen LogP contribution in [-0.4, -0.2) is 138 Å². The molecule has 28 heteroatoms. The Bertz CT molecular complexity index is 6960. The van der Waals surface area contributed by atoms with Gasteiger partial charge in [0.2, 0.25) is 22.4 Å². The number of benzene rings is 7. The van der Waals surface area contributed by atoms with Crippen LogP contribution < -0.4 is 21.1 Å². The number of nitrogens with zero attached hydrogens (tertiary/aromatic N) is 6. The van der Waals surface area contributed by atoms with Gasteiger partial charge in [-0.2, -0.15) is 10.1 Å². The highest BCUT2D eigenvalue weighted by molar-refractivity contribution is 8.05. The average Bonchev–Trinajstić information content (AvgIpc) is 1.62. The van der Waals surface area contributed by atoms with E-state index in [1.807, 2.05) is 121 Å². The number of aliphatic imine (C=N–C) groups is 1. The predicted octanol–water partition coefficient (Wildman–Crippen LogP) is 21.9. The lowest BCUT2D eigenvalue weighted by atomic mass is 9.92. The number of nitrogen functional groups attached to an aromatic ring is 1. The molecule has 2 amide bonds. The van der Waals surface area contributed by atoms with E-state index in [0.29, 0.717) is 96.1 Å². The van der Waals surface area contributed by atoms with E-state index in [1.165, 1.54) is 106 Å². The number of ether oxygens (including phenoxy) is 1. The maximum atomic E-state index is 12.7. The van der Waals surface area contributed by atoms with Crippen molar-refractivity contribution in [2.75, 3.05) is 56.7 Å². The fourth-order valence-corrected chi connectivity index (χ4v) is 18.8. The minimum atomic E-state index is -0.193. The number of furan rings is 3. The van der Waals surface area contributed by atoms with Crippen molar-refractivity contribution < 1.29 is 66.2 Å². The number of H-pyrrole nitrogens is 1. The number of phenolic OH excluding ortho intramolecular Hbond substituents is 1. The number of unbranched alkanes of at least 4 members (excludes halogenated alkanes) is 1. The highest BCUT2D eigenvalue weighted by Gasteiger charge is 2.33. The van der Waals surface area contributed by atoms with Crippen LogP contribution in [0.15, 0.2) is 319 Å². The van der Waals surface area contributed by atoms with E-state index >= 15 is 0 Å². The molecule has 1 atom stereocenters. The number of carbonyl (C=O) groups excluding carboxylic acids is 9. The van der Waals surface area contributed by atoms with Gasteiger partial charge in [-0.3, -0.25) is 58.1 Å². The number of methoxy groups -OCH3 is 1. The van der Waals surface area contributed by atoms with E-state index in [4.69, 9.17) is 40.9 Å². The molecule has 1 unspecified atom stereocenters. The third kappa shape index (κ3) is 25.3. The Hall–Kier alpha value is -14.9. The van der Waals surface area contributed by atoms with Crippen molar-refractivity contribution >= 4 is 178 Å². The Morgan fingerprint density at radius 1 is 0.711 bits per heavy atom. The number of anilines is 3. The summed E-state index contributed by atoms with van der Waals surface area (Å²) >= 11 is 9.29. The largest absolute Gasteiger partial charge is 0.504 e. The molecule has 5 aliphatic rings. The zero-order valence-electron chi connectivity index (χ0n) is 74.8. The van der Waals surface area contributed by atoms with Gasteiger partial charge in [-0.25, -0.2) is 0 Å². The number of Topliss-reactive ketones (excluding diaryl/α,β-unsaturated/α-hetero) is 2. The Labute approximate surface area is 797 Å². The van der Waals surface area contributed by atoms with Crippen molar-refractivity contribution in [1.29, 1.82) is 0 Å². The topological polar surface area (TPSA) is 338 Å². The molecule has 10 heterocycles. The van der Waals surface area contributed by atoms with Gasteiger partial charge in [0.1, 0.15) is 32.7 Å². The van der Waals surface area contributed by atoms with Gasteiger partial charge in [0.15, 0.2) is 57.6 Å². The smallest absolute Gasteiger partial charge is 0.248 e. The maximum absolute atomic E-state index is 12.7. The summed E-state index contributed by atoms with van der Waals surface area (Å²) < 4.78 is 23.4. The minimum Gasteiger partial charge on any atom is -0.504 e. The summed E-state index contributed by atoms with van der Waals surface area (Å²) in [6.45, 7) is 9.76. The van der Waals surface area contributed by atoms with E-state index in [0.717, 1.165) is 113 Å². The molecule has 19 rings (SSSR count). The van der Waals surface area contributed by atoms with Gasteiger partial charge in [0.05, 0.1) is 63.6 Å². The van der Waals surface area contributed by atoms with E-state index in [-0.39, 0.29) is 75.8 Å². The predicted molar refractivity (Wildman–Crippen MR) is 537 cm³/mol. The number of thioether (sulfide) groups is 1. The summed E-state index contributed by atoms with van der Waals surface area (Å²) in [6, 6.07) is 70.9. The minimum absolute atomic E-state index is 0.00699. The van der Waals surface area contributed by atoms with Crippen LogP contribution in [0, 0.1) is 11.7 Å². The molecule has 14 aromatic rings. The van der Waals surface area contributed by atoms with Crippen molar-refractivity contribution in [2.45, 2.75) is 90.0 Å². The maximum Gasteiger partial charge on any atom is 0.248 e. The van der Waals surface area contributed by atoms with Crippen LogP contribution in [0.5, 0.6) is 11.5 Å². The average molecular weight is 1880 g/mol. The molecule has 0 radical (unpaired) electrons. The Morgan fingerprint density at radius 2 is 1.42 bits per heavy atom. The van der Waals surface area contributed by atoms with Crippen molar-refractivity contribution in [1.82, 2.24) is 29.5 Å². The number of aromatic amines is 1. The lowest BCUT2D eigenvalue weighted by molar-refractivity contribution is -0.128. The lowest BCUT2D eigenvalue weighted by Crippen LogP contribution is -2.49. The van der Waals surface area contributed by atoms with Crippen LogP contribution in [0.25, 0.3) is 51.1 Å². The summed E-state index contributed by atoms with van der Waals surface area (Å²) in [6.07, 6.45) is 22.7. The number of nitrogens with two attached hydrogens (primary N) is 1. The number of para-hydroxylation sites is 2. The standard InChI is InChI=1S/C25H26N2O2.C18H15N3OS2.C18H16O5S.C17H13NO2.C16H14O4.C13H14N4S/c1-20-12-13-23(29-20)14-15-24(28)26-16-18-27(19-17-26)25(21-8-4-2-5-9-21)22-10-6-3-7-11-22;1-20-18-14(12-9-10-5-2-3-6-11(10)21-12)15(19)17(24-18)16(22)13-7-4-8-23-13;1-22-16-5-4-11(7-13(16)19)8-18-15(21)10-12(24-18)9-14(20)17-3-2-6-23-17;19-17(10-9-16-6-3-11-20-16)18-15-8-7-13-4-1-2-5-14(13)12-15;1-10-7-16(20)12(9-15(10)19)4-2-3-11-8-13(17)5-6-14(11)18;1-2-3-8-17-10-7-5-4-6-9(10)11-12(17)14-13(18)16-15-11/h2-15,25H,16-19H2,1H3;2-8,20H,9,19H2,1H3;2-8,12,19H,9-10H2,1H3;1-12H,(H,18,19);5-9H,2-4H2,1H3;4-7H,2-3,8H2,1H3,(H,14,16,18)/b15-14+;;18-8-;10-9+;;. The summed E-state index contributed by atoms with van der Waals surface area (Å²) in [7, 11) is 3.32. The number of hydrogen-bond acceptors (Lipinski definition) is 24. The molecule has 2 fully saturated rings. The van der Waals surface area contributed by atoms with Gasteiger partial charge in [-0.05, 0) is 218 Å². The first kappa shape index (κ1) is 96.1. The number of aromatic hydroxyl groups is 1. The van der Waals surface area contributed by atoms with Gasteiger partial charge < -0.3 is 48.9 Å². The molecular weight excluding hydrogens is 1780 g/mol. The molecule has 2 saturated heterocycles. The number of fused-ring (bicyclic) bond motifs is 5. The van der Waals surface area contributed by atoms with Crippen LogP contribution in [0.1, 0.15) is 135 Å². The van der Waals surface area contributed by atoms with Gasteiger partial charge in [0.25, 0.3) is 0 Å². The molecule has 2 aliphatic carbocycles. The van der Waals surface area contributed by atoms with E-state index in [1.54, 1.807) is 80.0 Å². The highest BCUT2D eigenvalue weighted by Crippen LogP contribution is 2.43. The van der Waals surface area contributed by atoms with Gasteiger partial charge >= 0.3 is 0 Å². The number of allylic oxidation sites excluding steroid dienone is 9. The monoisotopic (exact) mass is 1870 g/mol. The van der Waals surface area contributed by atoms with Gasteiger partial charge in [-0.15, -0.1) is 34.4 Å². The fourth-order valence-electron chi connectivity index (χ4n) is 15.7. The molecule has 684 valence electrons. The molecule has 24 nitrogen and oxygen atoms in total. The molecule has 7 aromatic heterocycles. The molecule has 0 bridgehead atoms. The van der Waals surface area contributed by atoms with Crippen molar-refractivity contribution in [3.8, 4) is 11.5 Å². The summed E-state index contributed by atoms with van der Waals surface area (Å²) in [5, 5.41) is 29.0. The van der Waals surface area contributed by atoms with Crippen molar-refractivity contribution in [2.24, 2.45) is 4.99 Å². The second-order valence-electron chi connectivity index (χ2n) is 31.8. The molecular formula is C107H98N10O14S4. The number of carbonyl (C=O) groups is 9. The number of piperazine rings is 1. The number of hydrogen-bond donors (Lipinski definition) is 5. The van der Waals surface area contributed by atoms with E-state index in [9.17, 15) is 48.3 Å². The first-order chi connectivity index (χ1) is 65.5. The van der Waals surface area contributed by atoms with Crippen LogP contribution >= 0.6 is 46.7 Å². The summed E-state index contributed by atoms with van der Waals surface area (Å²) in [5.41, 5.74) is 19.2. The first-order valence-corrected chi connectivity index (χ1v) is 46.9. The normalized spacial score (nSPS) is 14.9. The number of aryl methyl sites for hydroxylation is 2. The molecule has 0 spiro atoms. The fraction of sp³-hybridized carbons (Fsp3) is 0.187. The third-order valence-corrected chi connectivity index (χ3v) is 26.0. The highest BCUT2D eigenvalue weighted by atomic mass is 32.2. The summed E-state index contributed by atoms with van der Waals surface area (Å²) in [5.74, 6) is 2.00. The van der Waals surface area contributed by atoms with Crippen LogP contribution in [0.3, 0.4) is 0 Å². The number of ketones is 7. The number of phenols is 1. The zero-order chi connectivity index (χ0) is 94.9. The molecule has 7 aromatic carbocycles. The zero-order valence-corrected chi connectivity index (χ0v) is 78.1. The molecule has 3 aliphatic heterocycles. The molecule has 0 saturated carbocycles. The van der Waals surface area contributed by atoms with Gasteiger partial charge in [-0.1, -0.05) is 153 Å². The molecule has 6 N–H and O–H groups in total. The van der Waals surface area contributed by atoms with Crippen molar-refractivity contribution in [3.05, 3.63) is 366 Å². The van der Waals surface area contributed by atoms with Gasteiger partial charge in [0, 0.05) is 104 Å². The Kier molecular flexibility index (Phi) is 33.1. The van der Waals surface area contributed by atoms with Crippen LogP contribution in [-0.2, 0) is 46.5 Å². The number of nitrogens with one attached hydrogen (secondary N) is 3. The SMILES string of the molecule is CC1=CC(=O)C(CCCC2=CC(=O)C=CC2=O)=CC1=O.CCCCn1c2ccccc2c2n[nH]c(=S)nc21.CNc1sc(C(=O)c2cccs2)c(N)c1C1=Nc2ccccc2C1.COc1ccc(/C=C2\SC(CC(=O)c3ccco3)CC2=O)cc1O.Cc1ccc(/C=C/C(=O)N2CCN(C(c3ccccc3)c3ccccc3)CC2)o1.O=C(/C=C/c1ccco1)Nc1ccc2ccccc2c1. The second kappa shape index (κ2) is 46.4. The number of rotatable bonds is 24. The van der Waals surface area contributed by atoms with Crippen LogP contribution in [0.4, 0.5) is 22.1 Å². The van der Waals surface area contributed by atoms with Crippen LogP contribution in [0.2, 0.25) is 0 Å². The summed E-state index contributed by atoms with van der Waals surface area (Å²) in [4.78, 5) is 123. The number of aromatic nitrogens is 4. The third-order valence-electron chi connectivity index (χ3n) is 22.4. The van der Waals surface area contributed by atoms with E-state index in [2.05, 4.69) is 121 Å². The second-order valence-corrected chi connectivity index (χ2v) is 35.5. The number of amides is 2. The number of thiophene rings is 2. The Morgan fingerprint density at radius 3 is 2.11 bits per heavy atom. The quantitative estimate of drug-likeness (QED) is 0.0162. The molecule has 135 heavy (non-hydrogen) atoms.